The van der Waals surface area contributed by atoms with Crippen molar-refractivity contribution >= 4 is 11.7 Å². The molecule has 1 saturated carbocycles. The Bertz CT molecular complexity index is 433. The average Bonchev–Trinajstić information content (AvgIpc) is 2.81. The van der Waals surface area contributed by atoms with Crippen LogP contribution in [0.25, 0.3) is 0 Å². The smallest absolute Gasteiger partial charge is 0.273 e. The van der Waals surface area contributed by atoms with Gasteiger partial charge in [0.1, 0.15) is 5.82 Å². The second-order valence-corrected chi connectivity index (χ2v) is 5.14. The first kappa shape index (κ1) is 13.7. The molecule has 0 radical (unpaired) electrons. The number of amides is 1. The van der Waals surface area contributed by atoms with E-state index in [1.165, 1.54) is 4.90 Å². The van der Waals surface area contributed by atoms with Crippen molar-refractivity contribution in [3.63, 3.8) is 0 Å². The van der Waals surface area contributed by atoms with E-state index in [0.717, 1.165) is 19.3 Å². The normalized spacial score (nSPS) is 22.3. The fourth-order valence-electron chi connectivity index (χ4n) is 2.26. The Morgan fingerprint density at radius 3 is 2.74 bits per heavy atom. The van der Waals surface area contributed by atoms with Crippen LogP contribution < -0.4 is 5.32 Å². The van der Waals surface area contributed by atoms with Crippen LogP contribution in [0.15, 0.2) is 12.1 Å². The van der Waals surface area contributed by atoms with Crippen LogP contribution in [0.1, 0.15) is 29.8 Å². The summed E-state index contributed by atoms with van der Waals surface area (Å²) in [5, 5.41) is 20.7. The van der Waals surface area contributed by atoms with Gasteiger partial charge in [-0.2, -0.15) is 0 Å². The van der Waals surface area contributed by atoms with Gasteiger partial charge >= 0.3 is 0 Å². The van der Waals surface area contributed by atoms with Crippen molar-refractivity contribution in [2.45, 2.75) is 25.4 Å². The van der Waals surface area contributed by atoms with Crippen LogP contribution >= 0.6 is 0 Å². The molecule has 1 aliphatic carbocycles. The van der Waals surface area contributed by atoms with Gasteiger partial charge in [-0.25, -0.2) is 0 Å². The van der Waals surface area contributed by atoms with Crippen molar-refractivity contribution in [2.24, 2.45) is 5.92 Å². The van der Waals surface area contributed by atoms with Gasteiger partial charge in [0.2, 0.25) is 0 Å². The molecule has 104 valence electrons. The number of anilines is 1. The molecule has 1 aromatic rings. The van der Waals surface area contributed by atoms with Gasteiger partial charge < -0.3 is 15.3 Å². The Morgan fingerprint density at radius 2 is 2.21 bits per heavy atom. The van der Waals surface area contributed by atoms with Crippen LogP contribution in [0.5, 0.6) is 0 Å². The summed E-state index contributed by atoms with van der Waals surface area (Å²) in [4.78, 5) is 13.1. The number of aliphatic hydroxyl groups excluding tert-OH is 1. The summed E-state index contributed by atoms with van der Waals surface area (Å²) in [5.74, 6) is 0.754. The van der Waals surface area contributed by atoms with Gasteiger partial charge in [0.25, 0.3) is 5.91 Å². The minimum atomic E-state index is -0.213. The van der Waals surface area contributed by atoms with E-state index in [4.69, 9.17) is 0 Å². The van der Waals surface area contributed by atoms with Crippen molar-refractivity contribution in [3.8, 4) is 0 Å². The minimum absolute atomic E-state index is 0.162. The highest BCUT2D eigenvalue weighted by Crippen LogP contribution is 2.25. The lowest BCUT2D eigenvalue weighted by Crippen LogP contribution is -2.24. The topological polar surface area (TPSA) is 78.4 Å². The lowest BCUT2D eigenvalue weighted by Gasteiger charge is -2.15. The van der Waals surface area contributed by atoms with E-state index in [-0.39, 0.29) is 17.9 Å². The molecule has 19 heavy (non-hydrogen) atoms. The van der Waals surface area contributed by atoms with Crippen molar-refractivity contribution in [1.29, 1.82) is 0 Å². The molecule has 1 aliphatic rings. The summed E-state index contributed by atoms with van der Waals surface area (Å²) < 4.78 is 0. The molecule has 2 atom stereocenters. The minimum Gasteiger partial charge on any atom is -0.393 e. The number of aromatic nitrogens is 2. The van der Waals surface area contributed by atoms with Gasteiger partial charge in [-0.1, -0.05) is 6.42 Å². The first-order valence-corrected chi connectivity index (χ1v) is 6.55. The maximum absolute atomic E-state index is 11.6. The molecule has 6 heteroatoms. The molecule has 1 amide bonds. The van der Waals surface area contributed by atoms with Crippen LogP contribution in [0, 0.1) is 5.92 Å². The van der Waals surface area contributed by atoms with Crippen LogP contribution in [0.4, 0.5) is 5.82 Å². The SMILES string of the molecule is CN(C)C(=O)c1ccc(NCC2CCCC2O)nn1. The maximum Gasteiger partial charge on any atom is 0.273 e. The Morgan fingerprint density at radius 1 is 1.42 bits per heavy atom. The van der Waals surface area contributed by atoms with Gasteiger partial charge in [0, 0.05) is 26.6 Å². The standard InChI is InChI=1S/C13H20N4O2/c1-17(2)13(19)10-6-7-12(16-15-10)14-8-9-4-3-5-11(9)18/h6-7,9,11,18H,3-5,8H2,1-2H3,(H,14,16). The number of carbonyl (C=O) groups excluding carboxylic acids is 1. The molecule has 0 spiro atoms. The second kappa shape index (κ2) is 5.97. The molecule has 1 heterocycles. The number of hydrogen-bond acceptors (Lipinski definition) is 5. The molecule has 0 aromatic carbocycles. The zero-order valence-electron chi connectivity index (χ0n) is 11.3. The largest absolute Gasteiger partial charge is 0.393 e. The molecule has 0 aliphatic heterocycles. The molecular weight excluding hydrogens is 244 g/mol. The van der Waals surface area contributed by atoms with Crippen molar-refractivity contribution in [1.82, 2.24) is 15.1 Å². The molecule has 2 N–H and O–H groups in total. The molecule has 0 bridgehead atoms. The predicted octanol–water partition coefficient (Wildman–Crippen LogP) is 0.751. The zero-order chi connectivity index (χ0) is 13.8. The third-order valence-corrected chi connectivity index (χ3v) is 3.45. The molecule has 0 saturated heterocycles. The summed E-state index contributed by atoms with van der Waals surface area (Å²) in [7, 11) is 3.36. The van der Waals surface area contributed by atoms with E-state index in [1.807, 2.05) is 0 Å². The Hall–Kier alpha value is -1.69. The van der Waals surface area contributed by atoms with Crippen molar-refractivity contribution in [3.05, 3.63) is 17.8 Å². The predicted molar refractivity (Wildman–Crippen MR) is 71.9 cm³/mol. The summed E-state index contributed by atoms with van der Waals surface area (Å²) in [6, 6.07) is 3.40. The highest BCUT2D eigenvalue weighted by molar-refractivity contribution is 5.91. The number of aliphatic hydroxyl groups is 1. The van der Waals surface area contributed by atoms with Gasteiger partial charge in [0.05, 0.1) is 6.10 Å². The van der Waals surface area contributed by atoms with E-state index < -0.39 is 0 Å². The van der Waals surface area contributed by atoms with Gasteiger partial charge in [-0.15, -0.1) is 10.2 Å². The quantitative estimate of drug-likeness (QED) is 0.839. The van der Waals surface area contributed by atoms with E-state index in [0.29, 0.717) is 18.1 Å². The van der Waals surface area contributed by atoms with Crippen LogP contribution in [0.3, 0.4) is 0 Å². The first-order chi connectivity index (χ1) is 9.08. The maximum atomic E-state index is 11.6. The first-order valence-electron chi connectivity index (χ1n) is 6.55. The highest BCUT2D eigenvalue weighted by Gasteiger charge is 2.24. The highest BCUT2D eigenvalue weighted by atomic mass is 16.3. The number of nitrogens with zero attached hydrogens (tertiary/aromatic N) is 3. The molecular formula is C13H20N4O2. The summed E-state index contributed by atoms with van der Waals surface area (Å²) >= 11 is 0. The number of carbonyl (C=O) groups is 1. The van der Waals surface area contributed by atoms with Gasteiger partial charge in [-0.3, -0.25) is 4.79 Å². The van der Waals surface area contributed by atoms with Crippen molar-refractivity contribution < 1.29 is 9.90 Å². The number of hydrogen-bond donors (Lipinski definition) is 2. The van der Waals surface area contributed by atoms with Gasteiger partial charge in [-0.05, 0) is 25.0 Å². The van der Waals surface area contributed by atoms with Crippen LogP contribution in [0.2, 0.25) is 0 Å². The lowest BCUT2D eigenvalue weighted by atomic mass is 10.1. The van der Waals surface area contributed by atoms with E-state index in [1.54, 1.807) is 26.2 Å². The third kappa shape index (κ3) is 3.41. The van der Waals surface area contributed by atoms with E-state index >= 15 is 0 Å². The van der Waals surface area contributed by atoms with Crippen molar-refractivity contribution in [2.75, 3.05) is 26.0 Å². The summed E-state index contributed by atoms with van der Waals surface area (Å²) in [6.07, 6.45) is 2.79. The monoisotopic (exact) mass is 264 g/mol. The molecule has 2 unspecified atom stereocenters. The molecule has 1 fully saturated rings. The van der Waals surface area contributed by atoms with Gasteiger partial charge in [0.15, 0.2) is 5.69 Å². The summed E-state index contributed by atoms with van der Waals surface area (Å²) in [6.45, 7) is 0.691. The zero-order valence-corrected chi connectivity index (χ0v) is 11.3. The lowest BCUT2D eigenvalue weighted by molar-refractivity contribution is 0.0821. The molecule has 2 rings (SSSR count). The van der Waals surface area contributed by atoms with E-state index in [2.05, 4.69) is 15.5 Å². The Balaban J connectivity index is 1.90. The Labute approximate surface area is 112 Å². The summed E-state index contributed by atoms with van der Waals surface area (Å²) in [5.41, 5.74) is 0.330. The molecule has 1 aromatic heterocycles. The number of rotatable bonds is 4. The number of nitrogens with one attached hydrogen (secondary N) is 1. The second-order valence-electron chi connectivity index (χ2n) is 5.14. The van der Waals surface area contributed by atoms with Crippen LogP contribution in [-0.4, -0.2) is 52.9 Å². The fraction of sp³-hybridized carbons (Fsp3) is 0.615. The average molecular weight is 264 g/mol. The third-order valence-electron chi connectivity index (χ3n) is 3.45. The Kier molecular flexibility index (Phi) is 4.31. The fourth-order valence-corrected chi connectivity index (χ4v) is 2.26. The molecule has 6 nitrogen and oxygen atoms in total. The van der Waals surface area contributed by atoms with E-state index in [9.17, 15) is 9.90 Å². The van der Waals surface area contributed by atoms with Crippen LogP contribution in [-0.2, 0) is 0 Å².